The molecule has 0 aromatic heterocycles. The van der Waals surface area contributed by atoms with Crippen LogP contribution in [0.25, 0.3) is 0 Å². The minimum Gasteiger partial charge on any atom is -0.378 e. The summed E-state index contributed by atoms with van der Waals surface area (Å²) in [5.41, 5.74) is 5.44. The molecule has 0 saturated carbocycles. The molecule has 0 aromatic rings. The van der Waals surface area contributed by atoms with Gasteiger partial charge in [-0.1, -0.05) is 6.92 Å². The SMILES string of the molecule is CC(CCN)C1CCCO1. The maximum atomic E-state index is 5.51. The van der Waals surface area contributed by atoms with E-state index >= 15 is 0 Å². The van der Waals surface area contributed by atoms with Crippen LogP contribution in [0.2, 0.25) is 0 Å². The second-order valence-corrected chi connectivity index (χ2v) is 3.11. The largest absolute Gasteiger partial charge is 0.378 e. The van der Waals surface area contributed by atoms with Gasteiger partial charge in [0.15, 0.2) is 0 Å². The van der Waals surface area contributed by atoms with Crippen LogP contribution < -0.4 is 5.73 Å². The molecule has 0 radical (unpaired) electrons. The first kappa shape index (κ1) is 8.02. The third kappa shape index (κ3) is 1.96. The van der Waals surface area contributed by atoms with Crippen molar-refractivity contribution in [2.75, 3.05) is 13.2 Å². The molecule has 0 aliphatic carbocycles. The molecule has 1 aliphatic heterocycles. The Hall–Kier alpha value is -0.0800. The predicted octanol–water partition coefficient (Wildman–Crippen LogP) is 1.15. The van der Waals surface area contributed by atoms with Crippen LogP contribution in [0.4, 0.5) is 0 Å². The highest BCUT2D eigenvalue weighted by Gasteiger charge is 2.21. The number of rotatable bonds is 3. The minimum absolute atomic E-state index is 0.503. The predicted molar refractivity (Wildman–Crippen MR) is 41.8 cm³/mol. The van der Waals surface area contributed by atoms with E-state index in [2.05, 4.69) is 6.92 Å². The van der Waals surface area contributed by atoms with E-state index in [9.17, 15) is 0 Å². The molecule has 0 aromatic carbocycles. The first-order valence-corrected chi connectivity index (χ1v) is 4.16. The summed E-state index contributed by atoms with van der Waals surface area (Å²) in [5, 5.41) is 0. The third-order valence-corrected chi connectivity index (χ3v) is 2.22. The maximum absolute atomic E-state index is 5.51. The summed E-state index contributed by atoms with van der Waals surface area (Å²) in [4.78, 5) is 0. The normalized spacial score (nSPS) is 28.8. The number of nitrogens with two attached hydrogens (primary N) is 1. The number of hydrogen-bond acceptors (Lipinski definition) is 2. The maximum Gasteiger partial charge on any atom is 0.0601 e. The van der Waals surface area contributed by atoms with Gasteiger partial charge in [-0.15, -0.1) is 0 Å². The van der Waals surface area contributed by atoms with Gasteiger partial charge in [-0.3, -0.25) is 0 Å². The Balaban J connectivity index is 2.18. The third-order valence-electron chi connectivity index (χ3n) is 2.22. The highest BCUT2D eigenvalue weighted by molar-refractivity contribution is 4.71. The van der Waals surface area contributed by atoms with Crippen molar-refractivity contribution in [2.45, 2.75) is 32.3 Å². The molecular formula is C8H17NO. The lowest BCUT2D eigenvalue weighted by atomic mass is 9.99. The van der Waals surface area contributed by atoms with Crippen molar-refractivity contribution in [3.05, 3.63) is 0 Å². The topological polar surface area (TPSA) is 35.2 Å². The average molecular weight is 143 g/mol. The summed E-state index contributed by atoms with van der Waals surface area (Å²) in [7, 11) is 0. The Morgan fingerprint density at radius 3 is 3.00 bits per heavy atom. The molecule has 1 saturated heterocycles. The molecule has 60 valence electrons. The van der Waals surface area contributed by atoms with Crippen molar-refractivity contribution in [3.63, 3.8) is 0 Å². The zero-order valence-electron chi connectivity index (χ0n) is 6.68. The average Bonchev–Trinajstić information content (AvgIpc) is 2.38. The Kier molecular flexibility index (Phi) is 3.16. The quantitative estimate of drug-likeness (QED) is 0.643. The van der Waals surface area contributed by atoms with E-state index in [1.807, 2.05) is 0 Å². The number of hydrogen-bond donors (Lipinski definition) is 1. The van der Waals surface area contributed by atoms with Gasteiger partial charge in [-0.2, -0.15) is 0 Å². The lowest BCUT2D eigenvalue weighted by Crippen LogP contribution is -2.19. The molecule has 2 nitrogen and oxygen atoms in total. The summed E-state index contributed by atoms with van der Waals surface area (Å²) in [6.07, 6.45) is 4.08. The van der Waals surface area contributed by atoms with Crippen molar-refractivity contribution >= 4 is 0 Å². The van der Waals surface area contributed by atoms with E-state index < -0.39 is 0 Å². The van der Waals surface area contributed by atoms with Gasteiger partial charge in [-0.25, -0.2) is 0 Å². The van der Waals surface area contributed by atoms with Gasteiger partial charge >= 0.3 is 0 Å². The van der Waals surface area contributed by atoms with Crippen molar-refractivity contribution in [3.8, 4) is 0 Å². The standard InChI is InChI=1S/C8H17NO/c1-7(4-5-9)8-3-2-6-10-8/h7-8H,2-6,9H2,1H3. The zero-order chi connectivity index (χ0) is 7.40. The summed E-state index contributed by atoms with van der Waals surface area (Å²) in [6.45, 7) is 3.98. The minimum atomic E-state index is 0.503. The molecule has 2 atom stereocenters. The Morgan fingerprint density at radius 1 is 1.70 bits per heavy atom. The molecular weight excluding hydrogens is 126 g/mol. The summed E-state index contributed by atoms with van der Waals surface area (Å²) >= 11 is 0. The van der Waals surface area contributed by atoms with Crippen LogP contribution >= 0.6 is 0 Å². The van der Waals surface area contributed by atoms with E-state index in [-0.39, 0.29) is 0 Å². The lowest BCUT2D eigenvalue weighted by molar-refractivity contribution is 0.0672. The van der Waals surface area contributed by atoms with Gasteiger partial charge in [0.25, 0.3) is 0 Å². The van der Waals surface area contributed by atoms with E-state index in [0.717, 1.165) is 19.6 Å². The van der Waals surface area contributed by atoms with Crippen LogP contribution in [0.3, 0.4) is 0 Å². The molecule has 0 amide bonds. The molecule has 1 heterocycles. The van der Waals surface area contributed by atoms with Gasteiger partial charge < -0.3 is 10.5 Å². The molecule has 10 heavy (non-hydrogen) atoms. The molecule has 1 aliphatic rings. The molecule has 2 N–H and O–H groups in total. The Labute approximate surface area is 62.7 Å². The van der Waals surface area contributed by atoms with Crippen LogP contribution in [0.1, 0.15) is 26.2 Å². The lowest BCUT2D eigenvalue weighted by Gasteiger charge is -2.16. The number of ether oxygens (including phenoxy) is 1. The van der Waals surface area contributed by atoms with Gasteiger partial charge in [0, 0.05) is 6.61 Å². The van der Waals surface area contributed by atoms with Crippen LogP contribution in [0.15, 0.2) is 0 Å². The van der Waals surface area contributed by atoms with Crippen LogP contribution in [0, 0.1) is 5.92 Å². The Morgan fingerprint density at radius 2 is 2.50 bits per heavy atom. The fraction of sp³-hybridized carbons (Fsp3) is 1.00. The highest BCUT2D eigenvalue weighted by Crippen LogP contribution is 2.21. The van der Waals surface area contributed by atoms with E-state index in [1.54, 1.807) is 0 Å². The van der Waals surface area contributed by atoms with Gasteiger partial charge in [0.05, 0.1) is 6.10 Å². The first-order valence-electron chi connectivity index (χ1n) is 4.16. The first-order chi connectivity index (χ1) is 4.84. The van der Waals surface area contributed by atoms with E-state index in [0.29, 0.717) is 12.0 Å². The molecule has 0 spiro atoms. The van der Waals surface area contributed by atoms with Gasteiger partial charge in [0.2, 0.25) is 0 Å². The Bertz CT molecular complexity index is 89.3. The molecule has 1 rings (SSSR count). The molecule has 0 bridgehead atoms. The van der Waals surface area contributed by atoms with E-state index in [1.165, 1.54) is 12.8 Å². The monoisotopic (exact) mass is 143 g/mol. The van der Waals surface area contributed by atoms with Crippen molar-refractivity contribution in [1.82, 2.24) is 0 Å². The smallest absolute Gasteiger partial charge is 0.0601 e. The summed E-state index contributed by atoms with van der Waals surface area (Å²) < 4.78 is 5.51. The van der Waals surface area contributed by atoms with Crippen LogP contribution in [0.5, 0.6) is 0 Å². The van der Waals surface area contributed by atoms with Gasteiger partial charge in [-0.05, 0) is 31.7 Å². The highest BCUT2D eigenvalue weighted by atomic mass is 16.5. The van der Waals surface area contributed by atoms with Crippen LogP contribution in [-0.4, -0.2) is 19.3 Å². The fourth-order valence-corrected chi connectivity index (χ4v) is 1.50. The van der Waals surface area contributed by atoms with Crippen molar-refractivity contribution in [1.29, 1.82) is 0 Å². The summed E-state index contributed by atoms with van der Waals surface area (Å²) in [5.74, 6) is 0.660. The van der Waals surface area contributed by atoms with Gasteiger partial charge in [0.1, 0.15) is 0 Å². The second-order valence-electron chi connectivity index (χ2n) is 3.11. The van der Waals surface area contributed by atoms with Crippen molar-refractivity contribution in [2.24, 2.45) is 11.7 Å². The second kappa shape index (κ2) is 3.94. The van der Waals surface area contributed by atoms with E-state index in [4.69, 9.17) is 10.5 Å². The zero-order valence-corrected chi connectivity index (χ0v) is 6.68. The molecule has 2 unspecified atom stereocenters. The molecule has 2 heteroatoms. The van der Waals surface area contributed by atoms with Crippen LogP contribution in [-0.2, 0) is 4.74 Å². The fourth-order valence-electron chi connectivity index (χ4n) is 1.50. The molecule has 1 fully saturated rings. The van der Waals surface area contributed by atoms with Crippen molar-refractivity contribution < 1.29 is 4.74 Å². The summed E-state index contributed by atoms with van der Waals surface area (Å²) in [6, 6.07) is 0.